The molecule has 1 heterocycles. The van der Waals surface area contributed by atoms with Crippen LogP contribution in [-0.2, 0) is 0 Å². The molecule has 0 aliphatic carbocycles. The van der Waals surface area contributed by atoms with E-state index in [0.29, 0.717) is 11.1 Å². The molecule has 0 aliphatic rings. The van der Waals surface area contributed by atoms with Gasteiger partial charge in [-0.3, -0.25) is 0 Å². The molecule has 1 aromatic heterocycles. The Balaban J connectivity index is 3.28. The molecule has 0 bridgehead atoms. The summed E-state index contributed by atoms with van der Waals surface area (Å²) in [5, 5.41) is 0. The third-order valence-electron chi connectivity index (χ3n) is 1.28. The highest BCUT2D eigenvalue weighted by atomic mass is 19.1. The lowest BCUT2D eigenvalue weighted by Crippen LogP contribution is -1.94. The molecule has 3 heteroatoms. The smallest absolute Gasteiger partial charge is 0.190 e. The predicted octanol–water partition coefficient (Wildman–Crippen LogP) is 1.98. The molecule has 54 valence electrons. The highest BCUT2D eigenvalue weighted by Gasteiger charge is 2.03. The number of pyridine rings is 1. The van der Waals surface area contributed by atoms with Gasteiger partial charge in [-0.1, -0.05) is 0 Å². The van der Waals surface area contributed by atoms with Gasteiger partial charge in [0.1, 0.15) is 0 Å². The van der Waals surface area contributed by atoms with Gasteiger partial charge in [0.05, 0.1) is 0 Å². The second-order valence-electron chi connectivity index (χ2n) is 2.20. The fourth-order valence-corrected chi connectivity index (χ4v) is 0.706. The second-order valence-corrected chi connectivity index (χ2v) is 2.20. The van der Waals surface area contributed by atoms with E-state index in [0.717, 1.165) is 0 Å². The van der Waals surface area contributed by atoms with E-state index in [1.807, 2.05) is 0 Å². The summed E-state index contributed by atoms with van der Waals surface area (Å²) in [6.07, 6.45) is 0. The van der Waals surface area contributed by atoms with E-state index in [1.165, 1.54) is 6.07 Å². The Kier molecular flexibility index (Phi) is 1.66. The molecule has 0 saturated carbocycles. The van der Waals surface area contributed by atoms with E-state index in [2.05, 4.69) is 4.98 Å². The van der Waals surface area contributed by atoms with Gasteiger partial charge in [0.15, 0.2) is 0 Å². The molecule has 0 atom stereocenters. The van der Waals surface area contributed by atoms with Gasteiger partial charge < -0.3 is 0 Å². The average molecular weight is 143 g/mol. The Labute approximate surface area is 57.7 Å². The molecular formula is C7H7F2N. The van der Waals surface area contributed by atoms with Gasteiger partial charge in [-0.15, -0.1) is 0 Å². The molecule has 0 N–H and O–H groups in total. The number of rotatable bonds is 0. The standard InChI is InChI=1S/C7H7F2N/c1-4-3-5(2)7(9)10-6(4)8/h3H,1-2H3. The lowest BCUT2D eigenvalue weighted by molar-refractivity contribution is 0.501. The van der Waals surface area contributed by atoms with Gasteiger partial charge in [-0.05, 0) is 19.9 Å². The van der Waals surface area contributed by atoms with E-state index in [4.69, 9.17) is 0 Å². The molecular weight excluding hydrogens is 136 g/mol. The van der Waals surface area contributed by atoms with Crippen molar-refractivity contribution in [1.29, 1.82) is 0 Å². The number of halogens is 2. The van der Waals surface area contributed by atoms with Crippen LogP contribution in [0.4, 0.5) is 8.78 Å². The van der Waals surface area contributed by atoms with Crippen LogP contribution in [0.1, 0.15) is 11.1 Å². The van der Waals surface area contributed by atoms with E-state index in [1.54, 1.807) is 13.8 Å². The first-order chi connectivity index (χ1) is 4.61. The maximum absolute atomic E-state index is 12.4. The largest absolute Gasteiger partial charge is 0.218 e. The zero-order chi connectivity index (χ0) is 7.72. The number of nitrogens with zero attached hydrogens (tertiary/aromatic N) is 1. The average Bonchev–Trinajstić information content (AvgIpc) is 1.84. The van der Waals surface area contributed by atoms with Crippen molar-refractivity contribution in [3.8, 4) is 0 Å². The molecule has 1 nitrogen and oxygen atoms in total. The van der Waals surface area contributed by atoms with Gasteiger partial charge in [-0.2, -0.15) is 13.8 Å². The monoisotopic (exact) mass is 143 g/mol. The summed E-state index contributed by atoms with van der Waals surface area (Å²) < 4.78 is 24.8. The Hall–Kier alpha value is -0.990. The van der Waals surface area contributed by atoms with Crippen LogP contribution in [-0.4, -0.2) is 4.98 Å². The zero-order valence-electron chi connectivity index (χ0n) is 5.78. The molecule has 1 rings (SSSR count). The minimum atomic E-state index is -0.733. The first-order valence-corrected chi connectivity index (χ1v) is 2.90. The van der Waals surface area contributed by atoms with Crippen molar-refractivity contribution in [1.82, 2.24) is 4.98 Å². The molecule has 0 unspecified atom stereocenters. The summed E-state index contributed by atoms with van der Waals surface area (Å²) in [5.74, 6) is -1.47. The molecule has 0 amide bonds. The zero-order valence-corrected chi connectivity index (χ0v) is 5.78. The topological polar surface area (TPSA) is 12.9 Å². The van der Waals surface area contributed by atoms with Crippen molar-refractivity contribution in [2.24, 2.45) is 0 Å². The molecule has 0 aromatic carbocycles. The summed E-state index contributed by atoms with van der Waals surface area (Å²) >= 11 is 0. The summed E-state index contributed by atoms with van der Waals surface area (Å²) in [4.78, 5) is 3.04. The van der Waals surface area contributed by atoms with Crippen LogP contribution in [0.25, 0.3) is 0 Å². The van der Waals surface area contributed by atoms with Crippen LogP contribution < -0.4 is 0 Å². The van der Waals surface area contributed by atoms with Gasteiger partial charge >= 0.3 is 0 Å². The van der Waals surface area contributed by atoms with Crippen LogP contribution in [0.15, 0.2) is 6.07 Å². The quantitative estimate of drug-likeness (QED) is 0.506. The van der Waals surface area contributed by atoms with E-state index in [-0.39, 0.29) is 0 Å². The number of hydrogen-bond acceptors (Lipinski definition) is 1. The summed E-state index contributed by atoms with van der Waals surface area (Å²) in [7, 11) is 0. The van der Waals surface area contributed by atoms with Crippen molar-refractivity contribution in [2.45, 2.75) is 13.8 Å². The van der Waals surface area contributed by atoms with Crippen LogP contribution >= 0.6 is 0 Å². The minimum Gasteiger partial charge on any atom is -0.190 e. The highest BCUT2D eigenvalue weighted by Crippen LogP contribution is 2.08. The van der Waals surface area contributed by atoms with E-state index in [9.17, 15) is 8.78 Å². The highest BCUT2D eigenvalue weighted by molar-refractivity contribution is 5.17. The minimum absolute atomic E-state index is 0.374. The number of aryl methyl sites for hydroxylation is 2. The Bertz CT molecular complexity index is 208. The van der Waals surface area contributed by atoms with Gasteiger partial charge in [0.25, 0.3) is 0 Å². The van der Waals surface area contributed by atoms with Crippen LogP contribution in [0, 0.1) is 25.7 Å². The maximum atomic E-state index is 12.4. The molecule has 1 aromatic rings. The van der Waals surface area contributed by atoms with Crippen molar-refractivity contribution < 1.29 is 8.78 Å². The van der Waals surface area contributed by atoms with Gasteiger partial charge in [0, 0.05) is 11.1 Å². The second kappa shape index (κ2) is 2.33. The molecule has 0 spiro atoms. The normalized spacial score (nSPS) is 10.0. The van der Waals surface area contributed by atoms with Crippen molar-refractivity contribution in [2.75, 3.05) is 0 Å². The Morgan fingerprint density at radius 3 is 1.80 bits per heavy atom. The van der Waals surface area contributed by atoms with E-state index >= 15 is 0 Å². The first-order valence-electron chi connectivity index (χ1n) is 2.90. The van der Waals surface area contributed by atoms with Crippen LogP contribution in [0.5, 0.6) is 0 Å². The third-order valence-corrected chi connectivity index (χ3v) is 1.28. The summed E-state index contributed by atoms with van der Waals surface area (Å²) in [6.45, 7) is 3.10. The fraction of sp³-hybridized carbons (Fsp3) is 0.286. The molecule has 0 aliphatic heterocycles. The van der Waals surface area contributed by atoms with Crippen molar-refractivity contribution in [3.05, 3.63) is 29.1 Å². The SMILES string of the molecule is Cc1cc(C)c(F)nc1F. The van der Waals surface area contributed by atoms with Gasteiger partial charge in [0.2, 0.25) is 11.9 Å². The lowest BCUT2D eigenvalue weighted by atomic mass is 10.2. The van der Waals surface area contributed by atoms with E-state index < -0.39 is 11.9 Å². The number of hydrogen-bond donors (Lipinski definition) is 0. The molecule has 0 saturated heterocycles. The summed E-state index contributed by atoms with van der Waals surface area (Å²) in [6, 6.07) is 1.43. The lowest BCUT2D eigenvalue weighted by Gasteiger charge is -1.97. The summed E-state index contributed by atoms with van der Waals surface area (Å²) in [5.41, 5.74) is 0.748. The van der Waals surface area contributed by atoms with Crippen LogP contribution in [0.3, 0.4) is 0 Å². The Morgan fingerprint density at radius 1 is 1.10 bits per heavy atom. The van der Waals surface area contributed by atoms with Crippen LogP contribution in [0.2, 0.25) is 0 Å². The maximum Gasteiger partial charge on any atom is 0.218 e. The van der Waals surface area contributed by atoms with Crippen molar-refractivity contribution >= 4 is 0 Å². The number of aromatic nitrogens is 1. The molecule has 0 radical (unpaired) electrons. The van der Waals surface area contributed by atoms with Crippen molar-refractivity contribution in [3.63, 3.8) is 0 Å². The fourth-order valence-electron chi connectivity index (χ4n) is 0.706. The first kappa shape index (κ1) is 7.12. The van der Waals surface area contributed by atoms with Gasteiger partial charge in [-0.25, -0.2) is 0 Å². The molecule has 0 fully saturated rings. The predicted molar refractivity (Wildman–Crippen MR) is 33.6 cm³/mol. The molecule has 10 heavy (non-hydrogen) atoms. The Morgan fingerprint density at radius 2 is 1.50 bits per heavy atom. The third kappa shape index (κ3) is 1.12.